The zero-order valence-electron chi connectivity index (χ0n) is 9.61. The van der Waals surface area contributed by atoms with Crippen LogP contribution in [0.15, 0.2) is 40.9 Å². The summed E-state index contributed by atoms with van der Waals surface area (Å²) in [6, 6.07) is 12.7. The molecule has 0 fully saturated rings. The summed E-state index contributed by atoms with van der Waals surface area (Å²) >= 11 is 0. The van der Waals surface area contributed by atoms with Crippen molar-refractivity contribution in [2.24, 2.45) is 0 Å². The van der Waals surface area contributed by atoms with Gasteiger partial charge in [-0.3, -0.25) is 0 Å². The zero-order chi connectivity index (χ0) is 12.5. The van der Waals surface area contributed by atoms with Crippen molar-refractivity contribution in [2.75, 3.05) is 7.11 Å². The summed E-state index contributed by atoms with van der Waals surface area (Å²) in [7, 11) is 1.58. The first-order valence-corrected chi connectivity index (χ1v) is 5.39. The van der Waals surface area contributed by atoms with Crippen molar-refractivity contribution in [3.05, 3.63) is 48.3 Å². The lowest BCUT2D eigenvalue weighted by atomic mass is 10.1. The number of fused-ring (bicyclic) bond motifs is 1. The van der Waals surface area contributed by atoms with Gasteiger partial charge in [0, 0.05) is 23.1 Å². The molecule has 0 saturated heterocycles. The van der Waals surface area contributed by atoms with Crippen LogP contribution in [-0.4, -0.2) is 12.3 Å². The molecule has 3 nitrogen and oxygen atoms in total. The van der Waals surface area contributed by atoms with Crippen molar-refractivity contribution < 1.29 is 13.7 Å². The highest BCUT2D eigenvalue weighted by molar-refractivity contribution is 5.91. The van der Waals surface area contributed by atoms with Crippen LogP contribution in [0.4, 0.5) is 4.39 Å². The minimum absolute atomic E-state index is 0.343. The van der Waals surface area contributed by atoms with Gasteiger partial charge >= 0.3 is 0 Å². The third-order valence-corrected chi connectivity index (χ3v) is 2.70. The number of rotatable bonds is 2. The van der Waals surface area contributed by atoms with E-state index < -0.39 is 0 Å². The van der Waals surface area contributed by atoms with Crippen molar-refractivity contribution >= 4 is 11.0 Å². The predicted octanol–water partition coefficient (Wildman–Crippen LogP) is 3.44. The Bertz CT molecular complexity index is 706. The maximum absolute atomic E-state index is 13.1. The van der Waals surface area contributed by atoms with Gasteiger partial charge < -0.3 is 9.26 Å². The molecule has 1 aromatic heterocycles. The van der Waals surface area contributed by atoms with E-state index in [1.54, 1.807) is 25.3 Å². The largest absolute Gasteiger partial charge is 0.496 e. The molecule has 0 bridgehead atoms. The molecule has 0 aliphatic heterocycles. The molecule has 0 amide bonds. The molecule has 18 heavy (non-hydrogen) atoms. The number of ether oxygens (including phenoxy) is 1. The molecule has 3 aromatic rings. The molecule has 1 radical (unpaired) electrons. The molecule has 0 spiro atoms. The van der Waals surface area contributed by atoms with Crippen LogP contribution in [0.1, 0.15) is 0 Å². The van der Waals surface area contributed by atoms with Gasteiger partial charge in [0.15, 0.2) is 5.58 Å². The predicted molar refractivity (Wildman–Crippen MR) is 64.8 cm³/mol. The van der Waals surface area contributed by atoms with E-state index >= 15 is 0 Å². The van der Waals surface area contributed by atoms with Gasteiger partial charge in [0.1, 0.15) is 17.3 Å². The Morgan fingerprint density at radius 3 is 3.00 bits per heavy atom. The summed E-state index contributed by atoms with van der Waals surface area (Å²) in [5.74, 6) is 0.273. The first-order chi connectivity index (χ1) is 8.78. The number of halogens is 1. The molecule has 0 atom stereocenters. The third-order valence-electron chi connectivity index (χ3n) is 2.70. The van der Waals surface area contributed by atoms with Crippen molar-refractivity contribution in [1.29, 1.82) is 0 Å². The molecule has 0 N–H and O–H groups in total. The average molecular weight is 242 g/mol. The Morgan fingerprint density at radius 1 is 1.28 bits per heavy atom. The molecule has 3 rings (SSSR count). The van der Waals surface area contributed by atoms with Gasteiger partial charge in [-0.25, -0.2) is 4.39 Å². The van der Waals surface area contributed by atoms with Crippen molar-refractivity contribution in [3.8, 4) is 17.0 Å². The van der Waals surface area contributed by atoms with Crippen molar-refractivity contribution in [1.82, 2.24) is 5.16 Å². The Balaban J connectivity index is 2.19. The second-order valence-corrected chi connectivity index (χ2v) is 3.82. The maximum Gasteiger partial charge on any atom is 0.170 e. The van der Waals surface area contributed by atoms with Crippen LogP contribution in [0, 0.1) is 11.9 Å². The van der Waals surface area contributed by atoms with Gasteiger partial charge in [-0.05, 0) is 24.3 Å². The van der Waals surface area contributed by atoms with E-state index in [4.69, 9.17) is 9.26 Å². The minimum Gasteiger partial charge on any atom is -0.496 e. The Kier molecular flexibility index (Phi) is 2.48. The lowest BCUT2D eigenvalue weighted by Gasteiger charge is -2.01. The molecule has 2 aromatic carbocycles. The van der Waals surface area contributed by atoms with Crippen LogP contribution in [-0.2, 0) is 0 Å². The van der Waals surface area contributed by atoms with Gasteiger partial charge in [0.2, 0.25) is 0 Å². The van der Waals surface area contributed by atoms with Crippen LogP contribution < -0.4 is 4.74 Å². The number of hydrogen-bond donors (Lipinski definition) is 0. The van der Waals surface area contributed by atoms with Crippen LogP contribution in [0.3, 0.4) is 0 Å². The monoisotopic (exact) mass is 242 g/mol. The highest BCUT2D eigenvalue weighted by Crippen LogP contribution is 2.29. The fourth-order valence-electron chi connectivity index (χ4n) is 1.83. The van der Waals surface area contributed by atoms with Crippen LogP contribution in [0.25, 0.3) is 22.2 Å². The minimum atomic E-state index is -0.343. The smallest absolute Gasteiger partial charge is 0.170 e. The Labute approximate surface area is 103 Å². The normalized spacial score (nSPS) is 10.8. The first-order valence-electron chi connectivity index (χ1n) is 5.39. The summed E-state index contributed by atoms with van der Waals surface area (Å²) in [5.41, 5.74) is 1.94. The van der Waals surface area contributed by atoms with Gasteiger partial charge in [-0.1, -0.05) is 11.2 Å². The highest BCUT2D eigenvalue weighted by Gasteiger charge is 2.11. The molecule has 89 valence electrons. The first kappa shape index (κ1) is 10.8. The van der Waals surface area contributed by atoms with Crippen molar-refractivity contribution in [3.63, 3.8) is 0 Å². The fourth-order valence-corrected chi connectivity index (χ4v) is 1.83. The molecular weight excluding hydrogens is 233 g/mol. The van der Waals surface area contributed by atoms with E-state index in [9.17, 15) is 4.39 Å². The molecule has 4 heteroatoms. The molecule has 0 unspecified atom stereocenters. The topological polar surface area (TPSA) is 35.3 Å². The summed E-state index contributed by atoms with van der Waals surface area (Å²) in [6.45, 7) is 0. The number of benzene rings is 2. The second kappa shape index (κ2) is 4.14. The quantitative estimate of drug-likeness (QED) is 0.690. The van der Waals surface area contributed by atoms with E-state index in [0.29, 0.717) is 17.0 Å². The Morgan fingerprint density at radius 2 is 2.17 bits per heavy atom. The van der Waals surface area contributed by atoms with E-state index in [2.05, 4.69) is 11.2 Å². The fraction of sp³-hybridized carbons (Fsp3) is 0.0714. The molecular formula is C14H9FNO2. The summed E-state index contributed by atoms with van der Waals surface area (Å²) in [5, 5.41) is 4.74. The highest BCUT2D eigenvalue weighted by atomic mass is 19.1. The van der Waals surface area contributed by atoms with Crippen molar-refractivity contribution in [2.45, 2.75) is 0 Å². The number of methoxy groups -OCH3 is 1. The van der Waals surface area contributed by atoms with E-state index in [-0.39, 0.29) is 5.82 Å². The SMILES string of the molecule is COc1[c]ccc(-c2noc3cc(F)ccc23)c1. The van der Waals surface area contributed by atoms with E-state index in [0.717, 1.165) is 10.9 Å². The molecule has 0 aliphatic carbocycles. The Hall–Kier alpha value is -2.36. The summed E-state index contributed by atoms with van der Waals surface area (Å²) < 4.78 is 23.3. The van der Waals surface area contributed by atoms with Crippen LogP contribution in [0.2, 0.25) is 0 Å². The molecule has 0 aliphatic rings. The molecule has 1 heterocycles. The maximum atomic E-state index is 13.1. The van der Waals surface area contributed by atoms with Gasteiger partial charge in [0.05, 0.1) is 7.11 Å². The summed E-state index contributed by atoms with van der Waals surface area (Å²) in [6.07, 6.45) is 0. The van der Waals surface area contributed by atoms with Gasteiger partial charge in [-0.15, -0.1) is 0 Å². The standard InChI is InChI=1S/C14H9FNO2/c1-17-11-4-2-3-9(7-11)14-12-6-5-10(15)8-13(12)18-16-14/h2-3,5-8H,1H3. The van der Waals surface area contributed by atoms with Gasteiger partial charge in [-0.2, -0.15) is 0 Å². The number of aromatic nitrogens is 1. The van der Waals surface area contributed by atoms with E-state index in [1.165, 1.54) is 12.1 Å². The summed E-state index contributed by atoms with van der Waals surface area (Å²) in [4.78, 5) is 0. The van der Waals surface area contributed by atoms with Gasteiger partial charge in [0.25, 0.3) is 0 Å². The average Bonchev–Trinajstić information content (AvgIpc) is 2.81. The number of nitrogens with zero attached hydrogens (tertiary/aromatic N) is 1. The lowest BCUT2D eigenvalue weighted by molar-refractivity contribution is 0.414. The third kappa shape index (κ3) is 1.72. The second-order valence-electron chi connectivity index (χ2n) is 3.82. The molecule has 0 saturated carbocycles. The zero-order valence-corrected chi connectivity index (χ0v) is 9.61. The van der Waals surface area contributed by atoms with Crippen LogP contribution >= 0.6 is 0 Å². The van der Waals surface area contributed by atoms with E-state index in [1.807, 2.05) is 6.07 Å². The van der Waals surface area contributed by atoms with Crippen LogP contribution in [0.5, 0.6) is 5.75 Å². The number of hydrogen-bond acceptors (Lipinski definition) is 3. The lowest BCUT2D eigenvalue weighted by Crippen LogP contribution is -1.84.